The Kier molecular flexibility index (Phi) is 5.30. The molecular formula is C19H20ClN7O2. The van der Waals surface area contributed by atoms with Crippen LogP contribution >= 0.6 is 11.6 Å². The molecule has 1 fully saturated rings. The van der Waals surface area contributed by atoms with E-state index in [0.717, 1.165) is 12.8 Å². The van der Waals surface area contributed by atoms with Gasteiger partial charge in [0.25, 0.3) is 5.56 Å². The molecule has 2 N–H and O–H groups in total. The van der Waals surface area contributed by atoms with Gasteiger partial charge in [0.15, 0.2) is 0 Å². The van der Waals surface area contributed by atoms with Crippen molar-refractivity contribution in [1.29, 1.82) is 0 Å². The number of carbonyl (C=O) groups excluding carboxylic acids is 1. The number of H-pyrrole nitrogens is 1. The second kappa shape index (κ2) is 8.04. The molecule has 150 valence electrons. The molecule has 1 aliphatic rings. The highest BCUT2D eigenvalue weighted by Gasteiger charge is 2.21. The maximum absolute atomic E-state index is 12.0. The molecule has 0 spiro atoms. The number of aromatic amines is 1. The van der Waals surface area contributed by atoms with Crippen LogP contribution in [0.5, 0.6) is 0 Å². The van der Waals surface area contributed by atoms with Crippen LogP contribution in [0.1, 0.15) is 19.8 Å². The summed E-state index contributed by atoms with van der Waals surface area (Å²) in [6.45, 7) is 3.02. The lowest BCUT2D eigenvalue weighted by molar-refractivity contribution is -0.129. The van der Waals surface area contributed by atoms with Crippen LogP contribution in [0.15, 0.2) is 41.7 Å². The van der Waals surface area contributed by atoms with Crippen LogP contribution in [0, 0.1) is 0 Å². The van der Waals surface area contributed by atoms with Crippen LogP contribution in [-0.2, 0) is 4.79 Å². The van der Waals surface area contributed by atoms with Crippen molar-refractivity contribution in [2.75, 3.05) is 18.4 Å². The second-order valence-electron chi connectivity index (χ2n) is 6.87. The molecule has 0 unspecified atom stereocenters. The van der Waals surface area contributed by atoms with Crippen LogP contribution in [0.4, 0.5) is 5.95 Å². The third-order valence-corrected chi connectivity index (χ3v) is 5.19. The van der Waals surface area contributed by atoms with E-state index in [1.54, 1.807) is 43.8 Å². The zero-order valence-electron chi connectivity index (χ0n) is 15.8. The number of hydrogen-bond acceptors (Lipinski definition) is 6. The van der Waals surface area contributed by atoms with E-state index >= 15 is 0 Å². The molecule has 0 aliphatic carbocycles. The summed E-state index contributed by atoms with van der Waals surface area (Å²) in [5, 5.41) is 7.97. The van der Waals surface area contributed by atoms with E-state index in [4.69, 9.17) is 11.6 Å². The van der Waals surface area contributed by atoms with Crippen molar-refractivity contribution in [3.8, 4) is 16.9 Å². The number of anilines is 1. The number of piperidine rings is 1. The van der Waals surface area contributed by atoms with Gasteiger partial charge < -0.3 is 15.2 Å². The first-order chi connectivity index (χ1) is 14.0. The Bertz CT molecular complexity index is 1090. The van der Waals surface area contributed by atoms with Gasteiger partial charge >= 0.3 is 0 Å². The lowest BCUT2D eigenvalue weighted by Gasteiger charge is -2.31. The summed E-state index contributed by atoms with van der Waals surface area (Å²) in [5.41, 5.74) is 1.37. The lowest BCUT2D eigenvalue weighted by Crippen LogP contribution is -2.41. The first-order valence-corrected chi connectivity index (χ1v) is 9.67. The Hall–Kier alpha value is -3.20. The number of aromatic nitrogens is 5. The van der Waals surface area contributed by atoms with Crippen molar-refractivity contribution in [1.82, 2.24) is 29.6 Å². The fraction of sp³-hybridized carbons (Fsp3) is 0.316. The number of carbonyl (C=O) groups is 1. The van der Waals surface area contributed by atoms with Crippen molar-refractivity contribution >= 4 is 23.5 Å². The van der Waals surface area contributed by atoms with Gasteiger partial charge in [0.1, 0.15) is 5.69 Å². The van der Waals surface area contributed by atoms with Gasteiger partial charge in [-0.05, 0) is 25.0 Å². The molecule has 29 heavy (non-hydrogen) atoms. The van der Waals surface area contributed by atoms with Crippen LogP contribution < -0.4 is 10.9 Å². The summed E-state index contributed by atoms with van der Waals surface area (Å²) in [4.78, 5) is 36.7. The molecule has 4 heterocycles. The smallest absolute Gasteiger partial charge is 0.273 e. The van der Waals surface area contributed by atoms with Gasteiger partial charge in [-0.3, -0.25) is 9.59 Å². The summed E-state index contributed by atoms with van der Waals surface area (Å²) in [7, 11) is 0. The average molecular weight is 414 g/mol. The normalized spacial score (nSPS) is 14.8. The van der Waals surface area contributed by atoms with Gasteiger partial charge in [-0.2, -0.15) is 5.10 Å². The summed E-state index contributed by atoms with van der Waals surface area (Å²) < 4.78 is 1.48. The first kappa shape index (κ1) is 19.1. The zero-order chi connectivity index (χ0) is 20.4. The van der Waals surface area contributed by atoms with Gasteiger partial charge in [-0.1, -0.05) is 11.6 Å². The van der Waals surface area contributed by atoms with Gasteiger partial charge in [0.2, 0.25) is 11.9 Å². The van der Waals surface area contributed by atoms with E-state index in [1.807, 2.05) is 4.90 Å². The molecule has 0 bridgehead atoms. The number of pyridine rings is 1. The van der Waals surface area contributed by atoms with E-state index < -0.39 is 0 Å². The molecule has 0 saturated carbocycles. The average Bonchev–Trinajstić information content (AvgIpc) is 3.20. The van der Waals surface area contributed by atoms with E-state index in [-0.39, 0.29) is 17.5 Å². The van der Waals surface area contributed by atoms with Gasteiger partial charge in [-0.15, -0.1) is 0 Å². The molecule has 1 amide bonds. The Morgan fingerprint density at radius 2 is 2.10 bits per heavy atom. The molecule has 0 atom stereocenters. The van der Waals surface area contributed by atoms with Crippen molar-refractivity contribution in [3.63, 3.8) is 0 Å². The predicted molar refractivity (Wildman–Crippen MR) is 109 cm³/mol. The SMILES string of the molecule is CC(=O)N1CCC(Nc2ncc(Cl)c(-c3cnn(-c4ccc[nH]c4=O)c3)n2)CC1. The molecule has 9 nitrogen and oxygen atoms in total. The number of hydrogen-bond donors (Lipinski definition) is 2. The van der Waals surface area contributed by atoms with Gasteiger partial charge in [0, 0.05) is 44.0 Å². The summed E-state index contributed by atoms with van der Waals surface area (Å²) in [6, 6.07) is 3.59. The minimum Gasteiger partial charge on any atom is -0.351 e. The van der Waals surface area contributed by atoms with E-state index in [0.29, 0.717) is 41.0 Å². The number of nitrogens with zero attached hydrogens (tertiary/aromatic N) is 5. The van der Waals surface area contributed by atoms with Gasteiger partial charge in [0.05, 0.1) is 23.1 Å². The van der Waals surface area contributed by atoms with Crippen LogP contribution in [0.3, 0.4) is 0 Å². The first-order valence-electron chi connectivity index (χ1n) is 9.29. The number of rotatable bonds is 4. The van der Waals surface area contributed by atoms with Crippen LogP contribution in [-0.4, -0.2) is 54.7 Å². The maximum atomic E-state index is 12.0. The van der Waals surface area contributed by atoms with Crippen molar-refractivity contribution in [3.05, 3.63) is 52.3 Å². The highest BCUT2D eigenvalue weighted by atomic mass is 35.5. The van der Waals surface area contributed by atoms with Crippen LogP contribution in [0.2, 0.25) is 5.02 Å². The minimum atomic E-state index is -0.241. The standard InChI is InChI=1S/C19H20ClN7O2/c1-12(28)26-7-4-14(5-8-26)24-19-22-10-15(20)17(25-19)13-9-23-27(11-13)16-3-2-6-21-18(16)29/h2-3,6,9-11,14H,4-5,7-8H2,1H3,(H,21,29)(H,22,24,25). The fourth-order valence-corrected chi connectivity index (χ4v) is 3.53. The predicted octanol–water partition coefficient (Wildman–Crippen LogP) is 2.09. The number of nitrogens with one attached hydrogen (secondary N) is 2. The largest absolute Gasteiger partial charge is 0.351 e. The third kappa shape index (κ3) is 4.14. The van der Waals surface area contributed by atoms with Gasteiger partial charge in [-0.25, -0.2) is 14.6 Å². The number of amides is 1. The Balaban J connectivity index is 1.53. The Labute approximate surface area is 171 Å². The molecule has 1 saturated heterocycles. The molecule has 10 heteroatoms. The molecule has 3 aromatic heterocycles. The second-order valence-corrected chi connectivity index (χ2v) is 7.28. The van der Waals surface area contributed by atoms with Crippen molar-refractivity contribution in [2.24, 2.45) is 0 Å². The Morgan fingerprint density at radius 1 is 1.31 bits per heavy atom. The highest BCUT2D eigenvalue weighted by Crippen LogP contribution is 2.27. The van der Waals surface area contributed by atoms with E-state index in [1.165, 1.54) is 4.68 Å². The zero-order valence-corrected chi connectivity index (χ0v) is 16.6. The highest BCUT2D eigenvalue weighted by molar-refractivity contribution is 6.32. The Morgan fingerprint density at radius 3 is 2.83 bits per heavy atom. The molecule has 0 radical (unpaired) electrons. The topological polar surface area (TPSA) is 109 Å². The number of halogens is 1. The number of likely N-dealkylation sites (tertiary alicyclic amines) is 1. The summed E-state index contributed by atoms with van der Waals surface area (Å²) >= 11 is 6.31. The van der Waals surface area contributed by atoms with E-state index in [2.05, 4.69) is 25.4 Å². The molecule has 0 aromatic carbocycles. The van der Waals surface area contributed by atoms with E-state index in [9.17, 15) is 9.59 Å². The van der Waals surface area contributed by atoms with Crippen molar-refractivity contribution < 1.29 is 4.79 Å². The third-order valence-electron chi connectivity index (χ3n) is 4.92. The monoisotopic (exact) mass is 413 g/mol. The minimum absolute atomic E-state index is 0.0998. The summed E-state index contributed by atoms with van der Waals surface area (Å²) in [6.07, 6.45) is 8.08. The molecular weight excluding hydrogens is 394 g/mol. The summed E-state index contributed by atoms with van der Waals surface area (Å²) in [5.74, 6) is 0.568. The maximum Gasteiger partial charge on any atom is 0.273 e. The lowest BCUT2D eigenvalue weighted by atomic mass is 10.1. The molecule has 1 aliphatic heterocycles. The van der Waals surface area contributed by atoms with Crippen LogP contribution in [0.25, 0.3) is 16.9 Å². The van der Waals surface area contributed by atoms with Crippen molar-refractivity contribution in [2.45, 2.75) is 25.8 Å². The molecule has 3 aromatic rings. The quantitative estimate of drug-likeness (QED) is 0.678. The molecule has 4 rings (SSSR count). The fourth-order valence-electron chi connectivity index (χ4n) is 3.33.